The standard InChI is InChI=1S/C32H36N6O3/c1-20(2)37(21(3)4)31(39)25-10-6-5-9-24(25)26-15-28(38-29(26)16-33-19-34-38)23-8-7-13-36(18-23)17-22-11-12-30-27(14-22)35-32(40)41-30/h5-6,9-12,14-16,19-21,23H,7-8,13,17-18H2,1-4H3,(H,35,40). The van der Waals surface area contributed by atoms with Crippen molar-refractivity contribution in [2.24, 2.45) is 0 Å². The number of hydrogen-bond acceptors (Lipinski definition) is 6. The van der Waals surface area contributed by atoms with Crippen LogP contribution in [0.25, 0.3) is 27.7 Å². The van der Waals surface area contributed by atoms with Crippen LogP contribution in [0.4, 0.5) is 0 Å². The SMILES string of the molecule is CC(C)N(C(=O)c1ccccc1-c1cc(C2CCCN(Cc3ccc4oc(=O)[nH]c4c3)C2)n2ncncc12)C(C)C. The number of carbonyl (C=O) groups excluding carboxylic acids is 1. The number of rotatable bonds is 7. The molecule has 4 heterocycles. The van der Waals surface area contributed by atoms with Crippen LogP contribution in [-0.2, 0) is 6.54 Å². The van der Waals surface area contributed by atoms with Crippen LogP contribution in [0, 0.1) is 0 Å². The number of amides is 1. The highest BCUT2D eigenvalue weighted by molar-refractivity contribution is 6.03. The Morgan fingerprint density at radius 3 is 2.71 bits per heavy atom. The third-order valence-electron chi connectivity index (χ3n) is 8.08. The molecule has 1 aliphatic heterocycles. The number of likely N-dealkylation sites (tertiary alicyclic amines) is 1. The average Bonchev–Trinajstić information content (AvgIpc) is 3.52. The van der Waals surface area contributed by atoms with E-state index < -0.39 is 5.76 Å². The summed E-state index contributed by atoms with van der Waals surface area (Å²) in [5.74, 6) is -0.135. The maximum atomic E-state index is 13.8. The van der Waals surface area contributed by atoms with E-state index in [2.05, 4.69) is 53.7 Å². The number of nitrogens with one attached hydrogen (secondary N) is 1. The molecule has 1 saturated heterocycles. The van der Waals surface area contributed by atoms with Gasteiger partial charge in [-0.2, -0.15) is 5.10 Å². The molecule has 9 nitrogen and oxygen atoms in total. The van der Waals surface area contributed by atoms with Crippen LogP contribution in [-0.4, -0.2) is 60.5 Å². The molecule has 2 aromatic carbocycles. The molecule has 1 N–H and O–H groups in total. The van der Waals surface area contributed by atoms with E-state index in [1.54, 1.807) is 6.33 Å². The summed E-state index contributed by atoms with van der Waals surface area (Å²) in [6.45, 7) is 10.9. The zero-order valence-corrected chi connectivity index (χ0v) is 24.0. The lowest BCUT2D eigenvalue weighted by molar-refractivity contribution is 0.0644. The number of aromatic nitrogens is 4. The summed E-state index contributed by atoms with van der Waals surface area (Å²) in [7, 11) is 0. The van der Waals surface area contributed by atoms with Crippen LogP contribution in [0.3, 0.4) is 0 Å². The summed E-state index contributed by atoms with van der Waals surface area (Å²) in [5, 5.41) is 4.66. The summed E-state index contributed by atoms with van der Waals surface area (Å²) in [4.78, 5) is 36.9. The molecule has 0 aliphatic carbocycles. The van der Waals surface area contributed by atoms with Crippen LogP contribution in [0.2, 0.25) is 0 Å². The fourth-order valence-corrected chi connectivity index (χ4v) is 6.39. The van der Waals surface area contributed by atoms with Crippen molar-refractivity contribution < 1.29 is 9.21 Å². The van der Waals surface area contributed by atoms with E-state index in [9.17, 15) is 9.59 Å². The Morgan fingerprint density at radius 2 is 1.90 bits per heavy atom. The lowest BCUT2D eigenvalue weighted by Gasteiger charge is -2.32. The number of oxazole rings is 1. The maximum absolute atomic E-state index is 13.8. The molecule has 0 saturated carbocycles. The second kappa shape index (κ2) is 11.0. The monoisotopic (exact) mass is 552 g/mol. The zero-order valence-electron chi connectivity index (χ0n) is 24.0. The van der Waals surface area contributed by atoms with Gasteiger partial charge in [0.1, 0.15) is 6.33 Å². The van der Waals surface area contributed by atoms with Gasteiger partial charge >= 0.3 is 5.76 Å². The fourth-order valence-electron chi connectivity index (χ4n) is 6.39. The van der Waals surface area contributed by atoms with Crippen molar-refractivity contribution in [1.82, 2.24) is 29.4 Å². The van der Waals surface area contributed by atoms with Crippen molar-refractivity contribution in [3.63, 3.8) is 0 Å². The van der Waals surface area contributed by atoms with E-state index >= 15 is 0 Å². The van der Waals surface area contributed by atoms with E-state index in [0.717, 1.165) is 65.9 Å². The van der Waals surface area contributed by atoms with E-state index in [1.165, 1.54) is 0 Å². The van der Waals surface area contributed by atoms with Crippen molar-refractivity contribution in [3.05, 3.63) is 88.4 Å². The van der Waals surface area contributed by atoms with Crippen LogP contribution in [0.1, 0.15) is 68.1 Å². The van der Waals surface area contributed by atoms with Crippen molar-refractivity contribution in [2.45, 2.75) is 65.1 Å². The van der Waals surface area contributed by atoms with E-state index in [4.69, 9.17) is 4.42 Å². The van der Waals surface area contributed by atoms with E-state index in [0.29, 0.717) is 11.1 Å². The average molecular weight is 553 g/mol. The minimum absolute atomic E-state index is 0.0307. The highest BCUT2D eigenvalue weighted by Gasteiger charge is 2.28. The predicted molar refractivity (Wildman–Crippen MR) is 159 cm³/mol. The Bertz CT molecular complexity index is 1760. The van der Waals surface area contributed by atoms with Crippen LogP contribution in [0.15, 0.2) is 70.3 Å². The van der Waals surface area contributed by atoms with Gasteiger partial charge in [-0.3, -0.25) is 14.7 Å². The quantitative estimate of drug-likeness (QED) is 0.287. The molecular formula is C32H36N6O3. The van der Waals surface area contributed by atoms with Gasteiger partial charge in [0.15, 0.2) is 5.58 Å². The first kappa shape index (κ1) is 27.0. The fraction of sp³-hybridized carbons (Fsp3) is 0.375. The number of hydrogen-bond donors (Lipinski definition) is 1. The Hall–Kier alpha value is -4.24. The minimum Gasteiger partial charge on any atom is -0.408 e. The van der Waals surface area contributed by atoms with Gasteiger partial charge in [0.25, 0.3) is 5.91 Å². The van der Waals surface area contributed by atoms with Crippen LogP contribution < -0.4 is 5.76 Å². The molecule has 6 rings (SSSR count). The second-order valence-corrected chi connectivity index (χ2v) is 11.6. The normalized spacial score (nSPS) is 16.3. The van der Waals surface area contributed by atoms with Gasteiger partial charge < -0.3 is 9.32 Å². The summed E-state index contributed by atoms with van der Waals surface area (Å²) >= 11 is 0. The molecule has 1 amide bonds. The highest BCUT2D eigenvalue weighted by atomic mass is 16.4. The summed E-state index contributed by atoms with van der Waals surface area (Å²) in [6.07, 6.45) is 5.54. The third kappa shape index (κ3) is 5.17. The minimum atomic E-state index is -0.433. The first-order chi connectivity index (χ1) is 19.8. The third-order valence-corrected chi connectivity index (χ3v) is 8.08. The molecule has 1 unspecified atom stereocenters. The molecule has 0 radical (unpaired) electrons. The summed E-state index contributed by atoms with van der Waals surface area (Å²) in [6, 6.07) is 16.1. The van der Waals surface area contributed by atoms with Gasteiger partial charge in [-0.05, 0) is 82.5 Å². The Morgan fingerprint density at radius 1 is 1.10 bits per heavy atom. The van der Waals surface area contributed by atoms with E-state index in [1.807, 2.05) is 58.1 Å². The first-order valence-electron chi connectivity index (χ1n) is 14.4. The van der Waals surface area contributed by atoms with Crippen molar-refractivity contribution >= 4 is 22.5 Å². The highest BCUT2D eigenvalue weighted by Crippen LogP contribution is 2.36. The molecule has 0 spiro atoms. The number of fused-ring (bicyclic) bond motifs is 2. The van der Waals surface area contributed by atoms with Crippen molar-refractivity contribution in [1.29, 1.82) is 0 Å². The van der Waals surface area contributed by atoms with Gasteiger partial charge in [-0.15, -0.1) is 0 Å². The smallest absolute Gasteiger partial charge is 0.408 e. The summed E-state index contributed by atoms with van der Waals surface area (Å²) < 4.78 is 7.17. The molecule has 212 valence electrons. The van der Waals surface area contributed by atoms with Crippen LogP contribution in [0.5, 0.6) is 0 Å². The molecule has 1 aliphatic rings. The Kier molecular flexibility index (Phi) is 7.21. The molecule has 1 fully saturated rings. The Balaban J connectivity index is 1.33. The van der Waals surface area contributed by atoms with Crippen molar-refractivity contribution in [3.8, 4) is 11.1 Å². The zero-order chi connectivity index (χ0) is 28.7. The molecule has 41 heavy (non-hydrogen) atoms. The Labute approximate surface area is 238 Å². The molecular weight excluding hydrogens is 516 g/mol. The van der Waals surface area contributed by atoms with Gasteiger partial charge in [0.05, 0.1) is 17.2 Å². The number of nitrogens with zero attached hydrogens (tertiary/aromatic N) is 5. The first-order valence-corrected chi connectivity index (χ1v) is 14.4. The second-order valence-electron chi connectivity index (χ2n) is 11.6. The molecule has 3 aromatic heterocycles. The molecule has 1 atom stereocenters. The largest absolute Gasteiger partial charge is 0.417 e. The van der Waals surface area contributed by atoms with Gasteiger partial charge in [0.2, 0.25) is 0 Å². The lowest BCUT2D eigenvalue weighted by atomic mass is 9.93. The summed E-state index contributed by atoms with van der Waals surface area (Å²) in [5.41, 5.74) is 7.02. The van der Waals surface area contributed by atoms with Crippen molar-refractivity contribution in [2.75, 3.05) is 13.1 Å². The number of carbonyl (C=O) groups is 1. The van der Waals surface area contributed by atoms with Gasteiger partial charge in [-0.1, -0.05) is 24.3 Å². The molecule has 0 bridgehead atoms. The topological polar surface area (TPSA) is 99.7 Å². The molecule has 9 heteroatoms. The number of aromatic amines is 1. The van der Waals surface area contributed by atoms with Crippen LogP contribution >= 0.6 is 0 Å². The number of benzene rings is 2. The molecule has 5 aromatic rings. The number of piperidine rings is 1. The van der Waals surface area contributed by atoms with E-state index in [-0.39, 0.29) is 23.9 Å². The maximum Gasteiger partial charge on any atom is 0.417 e. The number of H-pyrrole nitrogens is 1. The van der Waals surface area contributed by atoms with Gasteiger partial charge in [0, 0.05) is 47.9 Å². The van der Waals surface area contributed by atoms with Gasteiger partial charge in [-0.25, -0.2) is 14.3 Å². The lowest BCUT2D eigenvalue weighted by Crippen LogP contribution is -2.42. The predicted octanol–water partition coefficient (Wildman–Crippen LogP) is 5.47.